The third kappa shape index (κ3) is 14.8. The smallest absolute Gasteiger partial charge is 0.286 e. The van der Waals surface area contributed by atoms with Crippen LogP contribution in [0.15, 0.2) is 115 Å². The summed E-state index contributed by atoms with van der Waals surface area (Å²) in [6, 6.07) is 9.15. The van der Waals surface area contributed by atoms with Crippen molar-refractivity contribution in [2.24, 2.45) is 0 Å². The lowest BCUT2D eigenvalue weighted by molar-refractivity contribution is -0.132. The molecule has 1 aliphatic heterocycles. The molecule has 0 saturated heterocycles. The highest BCUT2D eigenvalue weighted by molar-refractivity contribution is 6.07. The Balaban J connectivity index is 1.43. The number of allylic oxidation sites excluding steroid dienone is 12. The van der Waals surface area contributed by atoms with E-state index < -0.39 is 11.5 Å². The van der Waals surface area contributed by atoms with E-state index in [4.69, 9.17) is 4.74 Å². The molecular weight excluding hydrogens is 548 g/mol. The minimum atomic E-state index is -1.18. The summed E-state index contributed by atoms with van der Waals surface area (Å²) in [7, 11) is 0. The van der Waals surface area contributed by atoms with Crippen LogP contribution >= 0.6 is 0 Å². The molecule has 44 heavy (non-hydrogen) atoms. The van der Waals surface area contributed by atoms with E-state index in [1.807, 2.05) is 36.4 Å². The van der Waals surface area contributed by atoms with Crippen LogP contribution in [0.4, 0.5) is 0 Å². The molecule has 2 amide bonds. The maximum atomic E-state index is 12.5. The summed E-state index contributed by atoms with van der Waals surface area (Å²) in [6.07, 6.45) is 35.7. The first-order valence-electron chi connectivity index (χ1n) is 15.9. The number of amides is 2. The van der Waals surface area contributed by atoms with Gasteiger partial charge in [-0.25, -0.2) is 0 Å². The van der Waals surface area contributed by atoms with Crippen molar-refractivity contribution in [2.45, 2.75) is 83.7 Å². The molecular formula is C38H50N2O4. The van der Waals surface area contributed by atoms with Gasteiger partial charge in [0.15, 0.2) is 11.4 Å². The predicted molar refractivity (Wildman–Crippen MR) is 181 cm³/mol. The molecule has 1 aromatic rings. The Kier molecular flexibility index (Phi) is 18.3. The summed E-state index contributed by atoms with van der Waals surface area (Å²) in [5.41, 5.74) is -0.469. The van der Waals surface area contributed by atoms with Crippen molar-refractivity contribution in [1.29, 1.82) is 0 Å². The summed E-state index contributed by atoms with van der Waals surface area (Å²) in [4.78, 5) is 37.0. The molecule has 6 nitrogen and oxygen atoms in total. The summed E-state index contributed by atoms with van der Waals surface area (Å²) in [5, 5.41) is 5.71. The van der Waals surface area contributed by atoms with Gasteiger partial charge in [-0.05, 0) is 64.7 Å². The Morgan fingerprint density at radius 1 is 0.727 bits per heavy atom. The van der Waals surface area contributed by atoms with Crippen LogP contribution in [0.5, 0.6) is 0 Å². The normalized spacial score (nSPS) is 17.1. The lowest BCUT2D eigenvalue weighted by atomic mass is 9.92. The molecule has 236 valence electrons. The van der Waals surface area contributed by atoms with Crippen molar-refractivity contribution in [2.75, 3.05) is 13.1 Å². The van der Waals surface area contributed by atoms with Crippen LogP contribution in [0, 0.1) is 0 Å². The largest absolute Gasteiger partial charge is 0.469 e. The second-order valence-corrected chi connectivity index (χ2v) is 10.6. The van der Waals surface area contributed by atoms with E-state index >= 15 is 0 Å². The molecule has 1 aromatic carbocycles. The summed E-state index contributed by atoms with van der Waals surface area (Å²) >= 11 is 0. The SMILES string of the molecule is CC/C=C\C/C=C\C/C=C\C/C=C\C/C=C\C/C=C\CCC(=O)NCCCCNC(=O)C1=CC(=O)C(C)(c2ccccc2)O1. The number of carbonyl (C=O) groups excluding carboxylic acids is 3. The standard InChI is InChI=1S/C38H50N2O4/c1-3-4-5-6-7-8-9-10-11-12-13-14-15-16-17-18-19-20-24-29-36(42)39-30-25-26-31-40-37(43)34-32-35(41)38(2,44-34)33-27-22-21-23-28-33/h4-5,7-8,10-11,13-14,16-17,19-23,27-28,32H,3,6,9,12,15,18,24-26,29-31H2,1-2H3,(H,39,42)(H,40,43)/b5-4-,8-7-,11-10-,14-13-,17-16-,20-19-. The van der Waals surface area contributed by atoms with Gasteiger partial charge in [0, 0.05) is 31.1 Å². The molecule has 1 unspecified atom stereocenters. The van der Waals surface area contributed by atoms with Crippen molar-refractivity contribution in [1.82, 2.24) is 10.6 Å². The summed E-state index contributed by atoms with van der Waals surface area (Å²) < 4.78 is 5.76. The number of carbonyl (C=O) groups is 3. The number of hydrogen-bond acceptors (Lipinski definition) is 4. The fourth-order valence-electron chi connectivity index (χ4n) is 4.33. The van der Waals surface area contributed by atoms with Crippen LogP contribution in [0.2, 0.25) is 0 Å². The minimum Gasteiger partial charge on any atom is -0.469 e. The molecule has 2 rings (SSSR count). The fraction of sp³-hybridized carbons (Fsp3) is 0.395. The molecule has 0 saturated carbocycles. The Labute approximate surface area is 264 Å². The zero-order valence-corrected chi connectivity index (χ0v) is 26.5. The number of ether oxygens (including phenoxy) is 1. The van der Waals surface area contributed by atoms with Gasteiger partial charge in [0.1, 0.15) is 0 Å². The average molecular weight is 599 g/mol. The number of ketones is 1. The van der Waals surface area contributed by atoms with Gasteiger partial charge in [0.25, 0.3) is 5.91 Å². The van der Waals surface area contributed by atoms with Gasteiger partial charge in [-0.15, -0.1) is 0 Å². The highest BCUT2D eigenvalue weighted by Crippen LogP contribution is 2.34. The van der Waals surface area contributed by atoms with E-state index in [1.165, 1.54) is 6.08 Å². The molecule has 2 N–H and O–H groups in total. The van der Waals surface area contributed by atoms with Crippen LogP contribution in [0.1, 0.15) is 83.6 Å². The highest BCUT2D eigenvalue weighted by atomic mass is 16.5. The number of nitrogens with one attached hydrogen (secondary N) is 2. The summed E-state index contributed by atoms with van der Waals surface area (Å²) in [6.45, 7) is 4.81. The van der Waals surface area contributed by atoms with Crippen molar-refractivity contribution in [3.8, 4) is 0 Å². The van der Waals surface area contributed by atoms with Crippen LogP contribution in [0.3, 0.4) is 0 Å². The Bertz CT molecular complexity index is 1220. The van der Waals surface area contributed by atoms with Crippen LogP contribution in [0.25, 0.3) is 0 Å². The topological polar surface area (TPSA) is 84.5 Å². The molecule has 1 heterocycles. The van der Waals surface area contributed by atoms with Gasteiger partial charge >= 0.3 is 0 Å². The number of benzene rings is 1. The van der Waals surface area contributed by atoms with E-state index in [2.05, 4.69) is 84.4 Å². The number of hydrogen-bond donors (Lipinski definition) is 2. The molecule has 0 bridgehead atoms. The first kappa shape index (κ1) is 36.0. The zero-order valence-electron chi connectivity index (χ0n) is 26.5. The maximum absolute atomic E-state index is 12.5. The third-order valence-corrected chi connectivity index (χ3v) is 6.94. The van der Waals surface area contributed by atoms with Gasteiger partial charge in [0.05, 0.1) is 0 Å². The second kappa shape index (κ2) is 22.4. The first-order chi connectivity index (χ1) is 21.5. The third-order valence-electron chi connectivity index (χ3n) is 6.94. The lowest BCUT2D eigenvalue weighted by Gasteiger charge is -2.23. The van der Waals surface area contributed by atoms with Crippen LogP contribution < -0.4 is 10.6 Å². The van der Waals surface area contributed by atoms with E-state index in [-0.39, 0.29) is 17.4 Å². The van der Waals surface area contributed by atoms with Gasteiger partial charge < -0.3 is 15.4 Å². The van der Waals surface area contributed by atoms with Gasteiger partial charge in [-0.2, -0.15) is 0 Å². The number of rotatable bonds is 21. The van der Waals surface area contributed by atoms with Crippen LogP contribution in [-0.2, 0) is 24.7 Å². The molecule has 0 radical (unpaired) electrons. The maximum Gasteiger partial charge on any atom is 0.286 e. The average Bonchev–Trinajstić information content (AvgIpc) is 3.35. The van der Waals surface area contributed by atoms with E-state index in [1.54, 1.807) is 6.92 Å². The Morgan fingerprint density at radius 3 is 1.77 bits per heavy atom. The molecule has 1 atom stereocenters. The summed E-state index contributed by atoms with van der Waals surface area (Å²) in [5.74, 6) is -0.597. The van der Waals surface area contributed by atoms with E-state index in [0.717, 1.165) is 44.9 Å². The molecule has 0 spiro atoms. The fourth-order valence-corrected chi connectivity index (χ4v) is 4.33. The van der Waals surface area contributed by atoms with Crippen molar-refractivity contribution >= 4 is 17.6 Å². The second-order valence-electron chi connectivity index (χ2n) is 10.6. The number of unbranched alkanes of at least 4 members (excludes halogenated alkanes) is 1. The van der Waals surface area contributed by atoms with E-state index in [9.17, 15) is 14.4 Å². The minimum absolute atomic E-state index is 0.0248. The van der Waals surface area contributed by atoms with Crippen molar-refractivity contribution in [3.63, 3.8) is 0 Å². The molecule has 1 aliphatic rings. The molecule has 6 heteroatoms. The Hall–Kier alpha value is -4.19. The lowest BCUT2D eigenvalue weighted by Crippen LogP contribution is -2.32. The Morgan fingerprint density at radius 2 is 1.23 bits per heavy atom. The monoisotopic (exact) mass is 598 g/mol. The highest BCUT2D eigenvalue weighted by Gasteiger charge is 2.43. The predicted octanol–water partition coefficient (Wildman–Crippen LogP) is 7.88. The van der Waals surface area contributed by atoms with Crippen molar-refractivity contribution < 1.29 is 19.1 Å². The van der Waals surface area contributed by atoms with Gasteiger partial charge in [-0.3, -0.25) is 14.4 Å². The zero-order chi connectivity index (χ0) is 31.7. The van der Waals surface area contributed by atoms with Gasteiger partial charge in [-0.1, -0.05) is 110 Å². The first-order valence-corrected chi connectivity index (χ1v) is 15.9. The molecule has 0 fully saturated rings. The quantitative estimate of drug-likeness (QED) is 0.111. The van der Waals surface area contributed by atoms with Gasteiger partial charge in [0.2, 0.25) is 11.7 Å². The van der Waals surface area contributed by atoms with Crippen molar-refractivity contribution in [3.05, 3.63) is 121 Å². The molecule has 0 aromatic heterocycles. The molecule has 0 aliphatic carbocycles. The van der Waals surface area contributed by atoms with Crippen LogP contribution in [-0.4, -0.2) is 30.7 Å². The van der Waals surface area contributed by atoms with E-state index in [0.29, 0.717) is 37.9 Å².